The van der Waals surface area contributed by atoms with Crippen molar-refractivity contribution in [1.29, 1.82) is 0 Å². The number of nitrogens with zero attached hydrogens (tertiary/aromatic N) is 3. The molecule has 4 rings (SSSR count). The Balaban J connectivity index is 1.60. The first-order valence-corrected chi connectivity index (χ1v) is 12.8. The molecule has 36 heavy (non-hydrogen) atoms. The number of carbonyl (C=O) groups excluding carboxylic acids is 1. The molecular weight excluding hydrogens is 497 g/mol. The fourth-order valence-electron chi connectivity index (χ4n) is 4.72. The van der Waals surface area contributed by atoms with Crippen molar-refractivity contribution in [3.05, 3.63) is 93.2 Å². The van der Waals surface area contributed by atoms with Crippen LogP contribution in [0, 0.1) is 0 Å². The summed E-state index contributed by atoms with van der Waals surface area (Å²) < 4.78 is 0. The Kier molecular flexibility index (Phi) is 8.33. The van der Waals surface area contributed by atoms with Crippen molar-refractivity contribution in [3.8, 4) is 0 Å². The fraction of sp³-hybridized carbons (Fsp3) is 0.357. The Morgan fingerprint density at radius 3 is 2.47 bits per heavy atom. The van der Waals surface area contributed by atoms with Gasteiger partial charge in [-0.25, -0.2) is 0 Å². The van der Waals surface area contributed by atoms with Crippen LogP contribution in [-0.4, -0.2) is 52.1 Å². The number of pyridine rings is 1. The van der Waals surface area contributed by atoms with Gasteiger partial charge in [0.2, 0.25) is 0 Å². The number of hydrogen-bond acceptors (Lipinski definition) is 6. The largest absolute Gasteiger partial charge is 0.390 e. The minimum atomic E-state index is -1.12. The molecule has 0 bridgehead atoms. The average molecular weight is 528 g/mol. The maximum Gasteiger partial charge on any atom is 0.162 e. The molecule has 1 fully saturated rings. The third kappa shape index (κ3) is 5.90. The monoisotopic (exact) mass is 527 g/mol. The third-order valence-electron chi connectivity index (χ3n) is 6.76. The molecule has 0 aliphatic carbocycles. The molecule has 1 aliphatic heterocycles. The summed E-state index contributed by atoms with van der Waals surface area (Å²) in [7, 11) is 0. The number of halogens is 2. The van der Waals surface area contributed by atoms with E-state index in [-0.39, 0.29) is 18.4 Å². The van der Waals surface area contributed by atoms with Gasteiger partial charge in [-0.3, -0.25) is 14.7 Å². The second-order valence-electron chi connectivity index (χ2n) is 9.41. The van der Waals surface area contributed by atoms with Gasteiger partial charge in [-0.1, -0.05) is 48.3 Å². The Labute approximate surface area is 222 Å². The van der Waals surface area contributed by atoms with Gasteiger partial charge in [0, 0.05) is 54.9 Å². The Morgan fingerprint density at radius 2 is 1.86 bits per heavy atom. The van der Waals surface area contributed by atoms with Gasteiger partial charge in [-0.2, -0.15) is 0 Å². The van der Waals surface area contributed by atoms with Crippen LogP contribution in [0.2, 0.25) is 10.0 Å². The summed E-state index contributed by atoms with van der Waals surface area (Å²) >= 11 is 12.9. The zero-order valence-corrected chi connectivity index (χ0v) is 22.0. The molecule has 6 nitrogen and oxygen atoms in total. The van der Waals surface area contributed by atoms with Crippen LogP contribution in [0.4, 0.5) is 5.69 Å². The van der Waals surface area contributed by atoms with Gasteiger partial charge in [0.1, 0.15) is 5.60 Å². The lowest BCUT2D eigenvalue weighted by Gasteiger charge is -2.45. The fourth-order valence-corrected chi connectivity index (χ4v) is 5.14. The van der Waals surface area contributed by atoms with E-state index in [1.807, 2.05) is 49.4 Å². The van der Waals surface area contributed by atoms with E-state index in [4.69, 9.17) is 23.2 Å². The number of aliphatic hydroxyl groups excluding tert-OH is 1. The predicted octanol–water partition coefficient (Wildman–Crippen LogP) is 5.24. The molecule has 2 heterocycles. The van der Waals surface area contributed by atoms with Crippen LogP contribution in [0.5, 0.6) is 0 Å². The highest BCUT2D eigenvalue weighted by Gasteiger charge is 2.34. The molecule has 0 spiro atoms. The quantitative estimate of drug-likeness (QED) is 0.390. The zero-order chi connectivity index (χ0) is 25.9. The maximum atomic E-state index is 12.2. The second-order valence-corrected chi connectivity index (χ2v) is 10.3. The predicted molar refractivity (Wildman–Crippen MR) is 144 cm³/mol. The topological polar surface area (TPSA) is 76.9 Å². The summed E-state index contributed by atoms with van der Waals surface area (Å²) in [5.74, 6) is 0.0614. The molecular formula is C28H31Cl2N3O3. The van der Waals surface area contributed by atoms with E-state index in [2.05, 4.69) is 14.8 Å². The van der Waals surface area contributed by atoms with E-state index in [0.717, 1.165) is 11.3 Å². The molecule has 1 saturated heterocycles. The third-order valence-corrected chi connectivity index (χ3v) is 7.31. The summed E-state index contributed by atoms with van der Waals surface area (Å²) in [6.07, 6.45) is 2.05. The summed E-state index contributed by atoms with van der Waals surface area (Å²) in [5, 5.41) is 21.8. The highest BCUT2D eigenvalue weighted by Crippen LogP contribution is 2.37. The van der Waals surface area contributed by atoms with Crippen LogP contribution in [-0.2, 0) is 12.2 Å². The summed E-state index contributed by atoms with van der Waals surface area (Å²) in [6.45, 7) is 5.97. The van der Waals surface area contributed by atoms with Gasteiger partial charge in [0.05, 0.1) is 29.1 Å². The highest BCUT2D eigenvalue weighted by molar-refractivity contribution is 6.33. The van der Waals surface area contributed by atoms with E-state index >= 15 is 0 Å². The van der Waals surface area contributed by atoms with Crippen molar-refractivity contribution < 1.29 is 15.0 Å². The number of rotatable bonds is 8. The number of aliphatic hydroxyl groups is 2. The molecule has 1 aliphatic rings. The number of carbonyl (C=O) groups is 1. The van der Waals surface area contributed by atoms with Crippen LogP contribution in [0.15, 0.2) is 60.8 Å². The molecule has 0 saturated carbocycles. The van der Waals surface area contributed by atoms with Gasteiger partial charge in [0.15, 0.2) is 5.78 Å². The van der Waals surface area contributed by atoms with Crippen molar-refractivity contribution in [1.82, 2.24) is 9.88 Å². The number of hydrogen-bond donors (Lipinski definition) is 2. The first-order chi connectivity index (χ1) is 17.2. The Hall–Kier alpha value is -2.48. The maximum absolute atomic E-state index is 12.2. The summed E-state index contributed by atoms with van der Waals surface area (Å²) in [4.78, 5) is 20.9. The number of ketones is 1. The van der Waals surface area contributed by atoms with Crippen molar-refractivity contribution in [2.24, 2.45) is 0 Å². The van der Waals surface area contributed by atoms with E-state index in [1.165, 1.54) is 0 Å². The number of Topliss-reactive ketones (excluding diaryl/α,β-unsaturated/α-hetero) is 1. The minimum Gasteiger partial charge on any atom is -0.390 e. The van der Waals surface area contributed by atoms with Crippen molar-refractivity contribution >= 4 is 34.7 Å². The lowest BCUT2D eigenvalue weighted by atomic mass is 9.94. The van der Waals surface area contributed by atoms with E-state index < -0.39 is 5.60 Å². The lowest BCUT2D eigenvalue weighted by molar-refractivity contribution is 0.00997. The van der Waals surface area contributed by atoms with E-state index in [0.29, 0.717) is 59.5 Å². The highest BCUT2D eigenvalue weighted by atomic mass is 35.5. The van der Waals surface area contributed by atoms with Crippen molar-refractivity contribution in [2.45, 2.75) is 38.5 Å². The lowest BCUT2D eigenvalue weighted by Crippen LogP contribution is -2.52. The normalized spacial score (nSPS) is 18.2. The molecule has 2 atom stereocenters. The van der Waals surface area contributed by atoms with Gasteiger partial charge < -0.3 is 15.1 Å². The molecule has 2 aromatic carbocycles. The molecule has 190 valence electrons. The van der Waals surface area contributed by atoms with E-state index in [9.17, 15) is 15.0 Å². The summed E-state index contributed by atoms with van der Waals surface area (Å²) in [5.41, 5.74) is 2.72. The average Bonchev–Trinajstić information content (AvgIpc) is 2.88. The van der Waals surface area contributed by atoms with Gasteiger partial charge in [-0.15, -0.1) is 0 Å². The van der Waals surface area contributed by atoms with Crippen LogP contribution >= 0.6 is 23.2 Å². The number of benzene rings is 2. The number of aromatic nitrogens is 1. The van der Waals surface area contributed by atoms with Crippen LogP contribution in [0.1, 0.15) is 53.5 Å². The molecule has 8 heteroatoms. The SMILES string of the molecule is CCC(=O)c1ccc(N2CCN(C[C@@](C)(O)c3ccc(CO)nc3)C[C@H]2c2ccc(Cl)cc2)c(Cl)c1. The van der Waals surface area contributed by atoms with Gasteiger partial charge in [0.25, 0.3) is 0 Å². The zero-order valence-electron chi connectivity index (χ0n) is 20.5. The van der Waals surface area contributed by atoms with Gasteiger partial charge in [-0.05, 0) is 48.9 Å². The standard InChI is InChI=1S/C28H31Cl2N3O3/c1-3-27(35)20-6-11-25(24(30)14-20)33-13-12-32(16-26(33)19-4-8-22(29)9-5-19)18-28(2,36)21-7-10-23(17-34)31-15-21/h4-11,14-15,26,34,36H,3,12-13,16-18H2,1-2H3/t26-,28+/m0/s1. The number of β-amino-alcohol motifs (C(OH)–C–C–N with tert-alkyl or cyclic N) is 1. The Bertz CT molecular complexity index is 1200. The Morgan fingerprint density at radius 1 is 1.11 bits per heavy atom. The van der Waals surface area contributed by atoms with Crippen LogP contribution < -0.4 is 4.90 Å². The summed E-state index contributed by atoms with van der Waals surface area (Å²) in [6, 6.07) is 16.8. The second kappa shape index (κ2) is 11.3. The number of piperazine rings is 1. The molecule has 0 unspecified atom stereocenters. The van der Waals surface area contributed by atoms with Crippen LogP contribution in [0.3, 0.4) is 0 Å². The molecule has 3 aromatic rings. The smallest absolute Gasteiger partial charge is 0.162 e. The van der Waals surface area contributed by atoms with Crippen LogP contribution in [0.25, 0.3) is 0 Å². The van der Waals surface area contributed by atoms with Crippen molar-refractivity contribution in [2.75, 3.05) is 31.1 Å². The molecule has 0 radical (unpaired) electrons. The van der Waals surface area contributed by atoms with E-state index in [1.54, 1.807) is 25.3 Å². The first kappa shape index (κ1) is 26.6. The number of anilines is 1. The molecule has 1 aromatic heterocycles. The first-order valence-electron chi connectivity index (χ1n) is 12.1. The van der Waals surface area contributed by atoms with Gasteiger partial charge >= 0.3 is 0 Å². The van der Waals surface area contributed by atoms with Crippen molar-refractivity contribution in [3.63, 3.8) is 0 Å². The minimum absolute atomic E-state index is 0.0352. The molecule has 0 amide bonds. The molecule has 2 N–H and O–H groups in total.